The summed E-state index contributed by atoms with van der Waals surface area (Å²) in [5, 5.41) is 0.488. The maximum atomic E-state index is 11.8. The van der Waals surface area contributed by atoms with Gasteiger partial charge in [-0.05, 0) is 36.8 Å². The molecule has 0 saturated carbocycles. The summed E-state index contributed by atoms with van der Waals surface area (Å²) in [5.74, 6) is 0.574. The zero-order valence-electron chi connectivity index (χ0n) is 10.6. The van der Waals surface area contributed by atoms with Crippen LogP contribution >= 0.6 is 27.5 Å². The number of furan rings is 1. The minimum atomic E-state index is -0.328. The Balaban J connectivity index is 1.72. The molecule has 0 unspecified atom stereocenters. The van der Waals surface area contributed by atoms with Crippen LogP contribution in [0.15, 0.2) is 45.5 Å². The van der Waals surface area contributed by atoms with Crippen molar-refractivity contribution in [3.8, 4) is 0 Å². The van der Waals surface area contributed by atoms with Gasteiger partial charge in [0.1, 0.15) is 5.76 Å². The van der Waals surface area contributed by atoms with Gasteiger partial charge in [0.15, 0.2) is 0 Å². The Morgan fingerprint density at radius 2 is 2.25 bits per heavy atom. The molecule has 2 rings (SSSR count). The maximum Gasteiger partial charge on any atom is 0.274 e. The number of halogens is 2. The fourth-order valence-electron chi connectivity index (χ4n) is 1.63. The normalized spacial score (nSPS) is 10.5. The maximum absolute atomic E-state index is 11.8. The van der Waals surface area contributed by atoms with Gasteiger partial charge >= 0.3 is 0 Å². The number of amides is 1. The van der Waals surface area contributed by atoms with Crippen molar-refractivity contribution in [1.82, 2.24) is 5.48 Å². The number of benzene rings is 1. The van der Waals surface area contributed by atoms with Crippen LogP contribution in [0.2, 0.25) is 5.02 Å². The molecule has 1 aromatic carbocycles. The lowest BCUT2D eigenvalue weighted by Crippen LogP contribution is -2.24. The first kappa shape index (κ1) is 15.1. The minimum Gasteiger partial charge on any atom is -0.469 e. The molecule has 6 heteroatoms. The number of rotatable bonds is 6. The number of hydrogen-bond acceptors (Lipinski definition) is 3. The van der Waals surface area contributed by atoms with E-state index in [1.807, 2.05) is 12.1 Å². The predicted molar refractivity (Wildman–Crippen MR) is 79.6 cm³/mol. The molecule has 0 atom stereocenters. The second-order valence-corrected chi connectivity index (χ2v) is 5.47. The van der Waals surface area contributed by atoms with Crippen molar-refractivity contribution in [2.75, 3.05) is 6.61 Å². The van der Waals surface area contributed by atoms with Crippen LogP contribution < -0.4 is 5.48 Å². The largest absolute Gasteiger partial charge is 0.469 e. The van der Waals surface area contributed by atoms with Crippen LogP contribution in [0.4, 0.5) is 0 Å². The number of hydrogen-bond donors (Lipinski definition) is 1. The van der Waals surface area contributed by atoms with Gasteiger partial charge in [0.25, 0.3) is 5.91 Å². The summed E-state index contributed by atoms with van der Waals surface area (Å²) < 4.78 is 5.94. The second kappa shape index (κ2) is 7.47. The van der Waals surface area contributed by atoms with E-state index in [2.05, 4.69) is 21.4 Å². The summed E-state index contributed by atoms with van der Waals surface area (Å²) in [7, 11) is 0. The molecule has 1 amide bonds. The number of carbonyl (C=O) groups excluding carboxylic acids is 1. The van der Waals surface area contributed by atoms with Gasteiger partial charge in [0.2, 0.25) is 0 Å². The summed E-state index contributed by atoms with van der Waals surface area (Å²) in [5.41, 5.74) is 2.82. The molecule has 0 fully saturated rings. The van der Waals surface area contributed by atoms with Gasteiger partial charge in [-0.15, -0.1) is 0 Å². The standard InChI is InChI=1S/C14H13BrClNO3/c15-11-7-10(8-12(16)9-11)14(18)17-20-6-2-4-13-3-1-5-19-13/h1,3,5,7-9H,2,4,6H2,(H,17,18). The molecule has 1 heterocycles. The van der Waals surface area contributed by atoms with Crippen LogP contribution in [-0.2, 0) is 11.3 Å². The molecule has 20 heavy (non-hydrogen) atoms. The van der Waals surface area contributed by atoms with E-state index in [9.17, 15) is 4.79 Å². The molecule has 0 saturated heterocycles. The monoisotopic (exact) mass is 357 g/mol. The van der Waals surface area contributed by atoms with Crippen LogP contribution in [0.25, 0.3) is 0 Å². The highest BCUT2D eigenvalue weighted by molar-refractivity contribution is 9.10. The van der Waals surface area contributed by atoms with Gasteiger partial charge < -0.3 is 4.42 Å². The van der Waals surface area contributed by atoms with E-state index in [1.54, 1.807) is 24.5 Å². The Bertz CT molecular complexity index is 552. The van der Waals surface area contributed by atoms with E-state index in [-0.39, 0.29) is 5.91 Å². The van der Waals surface area contributed by atoms with E-state index < -0.39 is 0 Å². The number of nitrogens with one attached hydrogen (secondary N) is 1. The van der Waals surface area contributed by atoms with Gasteiger partial charge in [-0.3, -0.25) is 9.63 Å². The summed E-state index contributed by atoms with van der Waals surface area (Å²) in [4.78, 5) is 16.9. The third kappa shape index (κ3) is 4.67. The van der Waals surface area contributed by atoms with E-state index in [0.717, 1.165) is 23.1 Å². The highest BCUT2D eigenvalue weighted by atomic mass is 79.9. The van der Waals surface area contributed by atoms with Crippen molar-refractivity contribution in [2.24, 2.45) is 0 Å². The summed E-state index contributed by atoms with van der Waals surface area (Å²) >= 11 is 9.15. The molecular formula is C14H13BrClNO3. The minimum absolute atomic E-state index is 0.328. The lowest BCUT2D eigenvalue weighted by atomic mass is 10.2. The number of hydroxylamine groups is 1. The lowest BCUT2D eigenvalue weighted by Gasteiger charge is -2.06. The van der Waals surface area contributed by atoms with Crippen LogP contribution in [-0.4, -0.2) is 12.5 Å². The predicted octanol–water partition coefficient (Wildman–Crippen LogP) is 3.99. The fourth-order valence-corrected chi connectivity index (χ4v) is 2.49. The topological polar surface area (TPSA) is 51.5 Å². The quantitative estimate of drug-likeness (QED) is 0.627. The number of carbonyl (C=O) groups is 1. The van der Waals surface area contributed by atoms with Gasteiger partial charge in [-0.2, -0.15) is 0 Å². The van der Waals surface area contributed by atoms with Gasteiger partial charge in [0, 0.05) is 21.5 Å². The average molecular weight is 359 g/mol. The molecule has 0 aliphatic carbocycles. The average Bonchev–Trinajstić information content (AvgIpc) is 2.90. The molecule has 0 radical (unpaired) electrons. The van der Waals surface area contributed by atoms with Gasteiger partial charge in [0.05, 0.1) is 12.9 Å². The highest BCUT2D eigenvalue weighted by Crippen LogP contribution is 2.19. The van der Waals surface area contributed by atoms with Crippen LogP contribution in [0, 0.1) is 0 Å². The third-order valence-corrected chi connectivity index (χ3v) is 3.22. The van der Waals surface area contributed by atoms with Gasteiger partial charge in [-0.25, -0.2) is 5.48 Å². The first-order valence-corrected chi connectivity index (χ1v) is 7.23. The van der Waals surface area contributed by atoms with Crippen LogP contribution in [0.1, 0.15) is 22.5 Å². The van der Waals surface area contributed by atoms with Crippen LogP contribution in [0.3, 0.4) is 0 Å². The van der Waals surface area contributed by atoms with Crippen molar-refractivity contribution in [3.63, 3.8) is 0 Å². The molecule has 4 nitrogen and oxygen atoms in total. The lowest BCUT2D eigenvalue weighted by molar-refractivity contribution is 0.0301. The zero-order chi connectivity index (χ0) is 14.4. The molecule has 0 aliphatic rings. The fraction of sp³-hybridized carbons (Fsp3) is 0.214. The molecule has 106 valence electrons. The first-order valence-electron chi connectivity index (χ1n) is 6.06. The smallest absolute Gasteiger partial charge is 0.274 e. The highest BCUT2D eigenvalue weighted by Gasteiger charge is 2.07. The van der Waals surface area contributed by atoms with E-state index in [4.69, 9.17) is 20.9 Å². The molecule has 1 aromatic heterocycles. The Morgan fingerprint density at radius 1 is 1.40 bits per heavy atom. The SMILES string of the molecule is O=C(NOCCCc1ccco1)c1cc(Cl)cc(Br)c1. The van der Waals surface area contributed by atoms with E-state index in [1.165, 1.54) is 0 Å². The van der Waals surface area contributed by atoms with Crippen molar-refractivity contribution < 1.29 is 14.0 Å². The molecule has 1 N–H and O–H groups in total. The van der Waals surface area contributed by atoms with Gasteiger partial charge in [-0.1, -0.05) is 27.5 Å². The Kier molecular flexibility index (Phi) is 5.64. The van der Waals surface area contributed by atoms with Crippen LogP contribution in [0.5, 0.6) is 0 Å². The van der Waals surface area contributed by atoms with Crippen molar-refractivity contribution in [1.29, 1.82) is 0 Å². The third-order valence-electron chi connectivity index (χ3n) is 2.54. The van der Waals surface area contributed by atoms with Crippen molar-refractivity contribution in [2.45, 2.75) is 12.8 Å². The number of aryl methyl sites for hydroxylation is 1. The first-order chi connectivity index (χ1) is 9.65. The summed E-state index contributed by atoms with van der Waals surface area (Å²) in [6.07, 6.45) is 3.16. The Morgan fingerprint density at radius 3 is 2.95 bits per heavy atom. The summed E-state index contributed by atoms with van der Waals surface area (Å²) in [6, 6.07) is 8.71. The van der Waals surface area contributed by atoms with Crippen molar-refractivity contribution in [3.05, 3.63) is 57.4 Å². The Labute approximate surface area is 130 Å². The van der Waals surface area contributed by atoms with E-state index >= 15 is 0 Å². The second-order valence-electron chi connectivity index (χ2n) is 4.12. The molecule has 0 aliphatic heterocycles. The summed E-state index contributed by atoms with van der Waals surface area (Å²) in [6.45, 7) is 0.411. The molecule has 0 bridgehead atoms. The van der Waals surface area contributed by atoms with E-state index in [0.29, 0.717) is 17.2 Å². The Hall–Kier alpha value is -1.30. The molecular weight excluding hydrogens is 346 g/mol. The molecule has 0 spiro atoms. The van der Waals surface area contributed by atoms with Crippen molar-refractivity contribution >= 4 is 33.4 Å². The zero-order valence-corrected chi connectivity index (χ0v) is 12.9. The molecule has 2 aromatic rings.